The Bertz CT molecular complexity index is 954. The van der Waals surface area contributed by atoms with E-state index in [0.29, 0.717) is 12.5 Å². The van der Waals surface area contributed by atoms with Gasteiger partial charge in [0.1, 0.15) is 5.82 Å². The monoisotopic (exact) mass is 420 g/mol. The van der Waals surface area contributed by atoms with Gasteiger partial charge in [0.2, 0.25) is 5.91 Å². The predicted octanol–water partition coefficient (Wildman–Crippen LogP) is 4.72. The highest BCUT2D eigenvalue weighted by Gasteiger charge is 2.33. The van der Waals surface area contributed by atoms with E-state index >= 15 is 0 Å². The van der Waals surface area contributed by atoms with Gasteiger partial charge >= 0.3 is 0 Å². The van der Waals surface area contributed by atoms with Crippen molar-refractivity contribution < 1.29 is 9.53 Å². The van der Waals surface area contributed by atoms with Gasteiger partial charge in [-0.1, -0.05) is 13.0 Å². The zero-order chi connectivity index (χ0) is 21.4. The molecule has 3 aliphatic rings. The molecule has 1 amide bonds. The van der Waals surface area contributed by atoms with Crippen LogP contribution in [0.15, 0.2) is 36.5 Å². The molecule has 1 saturated carbocycles. The van der Waals surface area contributed by atoms with E-state index in [9.17, 15) is 4.79 Å². The lowest BCUT2D eigenvalue weighted by atomic mass is 9.86. The normalized spacial score (nSPS) is 25.4. The van der Waals surface area contributed by atoms with Gasteiger partial charge in [-0.05, 0) is 62.3 Å². The third-order valence-corrected chi connectivity index (χ3v) is 7.16. The van der Waals surface area contributed by atoms with Gasteiger partial charge in [-0.25, -0.2) is 4.98 Å². The van der Waals surface area contributed by atoms with Gasteiger partial charge in [-0.2, -0.15) is 0 Å². The van der Waals surface area contributed by atoms with Gasteiger partial charge in [0.25, 0.3) is 0 Å². The van der Waals surface area contributed by atoms with Crippen LogP contribution in [0.1, 0.15) is 44.6 Å². The number of carbonyl (C=O) groups is 1. The van der Waals surface area contributed by atoms with Crippen LogP contribution >= 0.6 is 0 Å². The second-order valence-electron chi connectivity index (χ2n) is 9.31. The standard InChI is InChI=1S/C25H32N4O2/c1-17-11-13-28(15-17)20-7-10-22-23(14-20)29(16-19-4-3-12-26-24(19)27-22)25(30)18-5-8-21(31-2)9-6-18/h3-4,7,10,12,14,17-18,21H,5-6,8-9,11,13,15-16H2,1-2H3,(H,26,27)/t17-,18?,21?/m1/s1. The van der Waals surface area contributed by atoms with E-state index in [0.717, 1.165) is 61.5 Å². The lowest BCUT2D eigenvalue weighted by molar-refractivity contribution is -0.124. The molecule has 0 radical (unpaired) electrons. The first-order valence-electron chi connectivity index (χ1n) is 11.6. The number of hydrogen-bond acceptors (Lipinski definition) is 5. The van der Waals surface area contributed by atoms with E-state index < -0.39 is 0 Å². The zero-order valence-corrected chi connectivity index (χ0v) is 18.5. The number of amides is 1. The Labute approximate surface area is 184 Å². The molecule has 164 valence electrons. The van der Waals surface area contributed by atoms with Crippen LogP contribution in [0.2, 0.25) is 0 Å². The smallest absolute Gasteiger partial charge is 0.230 e. The average molecular weight is 421 g/mol. The Hall–Kier alpha value is -2.60. The highest BCUT2D eigenvalue weighted by Crippen LogP contribution is 2.40. The number of rotatable bonds is 3. The maximum Gasteiger partial charge on any atom is 0.230 e. The van der Waals surface area contributed by atoms with Gasteiger partial charge in [0.15, 0.2) is 0 Å². The first-order valence-corrected chi connectivity index (χ1v) is 11.6. The van der Waals surface area contributed by atoms with Crippen LogP contribution in [0.25, 0.3) is 0 Å². The minimum Gasteiger partial charge on any atom is -0.381 e. The quantitative estimate of drug-likeness (QED) is 0.778. The summed E-state index contributed by atoms with van der Waals surface area (Å²) < 4.78 is 5.52. The second-order valence-corrected chi connectivity index (χ2v) is 9.31. The molecule has 1 aromatic carbocycles. The van der Waals surface area contributed by atoms with Gasteiger partial charge < -0.3 is 19.9 Å². The highest BCUT2D eigenvalue weighted by molar-refractivity contribution is 6.00. The fraction of sp³-hybridized carbons (Fsp3) is 0.520. The lowest BCUT2D eigenvalue weighted by Gasteiger charge is -2.32. The van der Waals surface area contributed by atoms with E-state index in [-0.39, 0.29) is 17.9 Å². The van der Waals surface area contributed by atoms with E-state index in [1.54, 1.807) is 13.3 Å². The van der Waals surface area contributed by atoms with Crippen LogP contribution in [0.3, 0.4) is 0 Å². The number of hydrogen-bond donors (Lipinski definition) is 1. The SMILES string of the molecule is COC1CCC(C(=O)N2Cc3cccnc3Nc3ccc(N4CC[C@@H](C)C4)cc32)CC1. The van der Waals surface area contributed by atoms with Gasteiger partial charge in [0.05, 0.1) is 24.0 Å². The molecule has 1 saturated heterocycles. The fourth-order valence-electron chi connectivity index (χ4n) is 5.24. The van der Waals surface area contributed by atoms with Crippen molar-refractivity contribution in [2.24, 2.45) is 11.8 Å². The molecule has 2 aromatic rings. The van der Waals surface area contributed by atoms with Gasteiger partial charge in [-0.15, -0.1) is 0 Å². The maximum absolute atomic E-state index is 13.8. The minimum atomic E-state index is 0.0490. The van der Waals surface area contributed by atoms with Crippen LogP contribution in [0.5, 0.6) is 0 Å². The van der Waals surface area contributed by atoms with Crippen LogP contribution in [0, 0.1) is 11.8 Å². The fourth-order valence-corrected chi connectivity index (χ4v) is 5.24. The predicted molar refractivity (Wildman–Crippen MR) is 124 cm³/mol. The molecule has 1 N–H and O–H groups in total. The third kappa shape index (κ3) is 4.01. The van der Waals surface area contributed by atoms with E-state index in [4.69, 9.17) is 4.74 Å². The van der Waals surface area contributed by atoms with Crippen molar-refractivity contribution >= 4 is 28.8 Å². The Morgan fingerprint density at radius 3 is 2.74 bits per heavy atom. The summed E-state index contributed by atoms with van der Waals surface area (Å²) in [4.78, 5) is 22.8. The Morgan fingerprint density at radius 2 is 2.00 bits per heavy atom. The summed E-state index contributed by atoms with van der Waals surface area (Å²) in [7, 11) is 1.77. The number of carbonyl (C=O) groups excluding carboxylic acids is 1. The molecular formula is C25H32N4O2. The molecule has 0 spiro atoms. The van der Waals surface area contributed by atoms with Crippen LogP contribution in [-0.2, 0) is 16.1 Å². The number of nitrogens with zero attached hydrogens (tertiary/aromatic N) is 3. The number of methoxy groups -OCH3 is 1. The molecule has 2 fully saturated rings. The molecular weight excluding hydrogens is 388 g/mol. The number of ether oxygens (including phenoxy) is 1. The molecule has 0 bridgehead atoms. The van der Waals surface area contributed by atoms with Crippen molar-refractivity contribution in [3.05, 3.63) is 42.1 Å². The van der Waals surface area contributed by atoms with E-state index in [2.05, 4.69) is 46.4 Å². The molecule has 0 unspecified atom stereocenters. The second kappa shape index (κ2) is 8.50. The summed E-state index contributed by atoms with van der Waals surface area (Å²) in [6.07, 6.45) is 6.99. The van der Waals surface area contributed by atoms with E-state index in [1.165, 1.54) is 12.1 Å². The van der Waals surface area contributed by atoms with E-state index in [1.807, 2.05) is 11.0 Å². The van der Waals surface area contributed by atoms with Crippen LogP contribution < -0.4 is 15.1 Å². The average Bonchev–Trinajstić information content (AvgIpc) is 3.17. The largest absolute Gasteiger partial charge is 0.381 e. The minimum absolute atomic E-state index is 0.0490. The van der Waals surface area contributed by atoms with Gasteiger partial charge in [-0.3, -0.25) is 4.79 Å². The number of nitrogens with one attached hydrogen (secondary N) is 1. The first kappa shape index (κ1) is 20.3. The summed E-state index contributed by atoms with van der Waals surface area (Å²) in [5.41, 5.74) is 4.17. The topological polar surface area (TPSA) is 57.7 Å². The number of anilines is 4. The molecule has 2 aliphatic heterocycles. The zero-order valence-electron chi connectivity index (χ0n) is 18.5. The Morgan fingerprint density at radius 1 is 1.16 bits per heavy atom. The van der Waals surface area contributed by atoms with Crippen molar-refractivity contribution in [3.63, 3.8) is 0 Å². The summed E-state index contributed by atoms with van der Waals surface area (Å²) in [5, 5.41) is 3.49. The molecule has 1 atom stereocenters. The first-order chi connectivity index (χ1) is 15.1. The molecule has 1 aromatic heterocycles. The third-order valence-electron chi connectivity index (χ3n) is 7.16. The maximum atomic E-state index is 13.8. The van der Waals surface area contributed by atoms with Gasteiger partial charge in [0, 0.05) is 43.6 Å². The van der Waals surface area contributed by atoms with Crippen molar-refractivity contribution in [2.45, 2.75) is 51.7 Å². The van der Waals surface area contributed by atoms with Crippen molar-refractivity contribution in [3.8, 4) is 0 Å². The summed E-state index contributed by atoms with van der Waals surface area (Å²) >= 11 is 0. The number of benzene rings is 1. The van der Waals surface area contributed by atoms with Crippen LogP contribution in [-0.4, -0.2) is 37.2 Å². The highest BCUT2D eigenvalue weighted by atomic mass is 16.5. The summed E-state index contributed by atoms with van der Waals surface area (Å²) in [6.45, 7) is 5.00. The number of fused-ring (bicyclic) bond motifs is 2. The molecule has 3 heterocycles. The Balaban J connectivity index is 1.49. The van der Waals surface area contributed by atoms with Crippen molar-refractivity contribution in [1.82, 2.24) is 4.98 Å². The molecule has 31 heavy (non-hydrogen) atoms. The van der Waals surface area contributed by atoms with Crippen molar-refractivity contribution in [2.75, 3.05) is 35.3 Å². The molecule has 6 nitrogen and oxygen atoms in total. The lowest BCUT2D eigenvalue weighted by Crippen LogP contribution is -2.38. The molecule has 1 aliphatic carbocycles. The van der Waals surface area contributed by atoms with Crippen molar-refractivity contribution in [1.29, 1.82) is 0 Å². The summed E-state index contributed by atoms with van der Waals surface area (Å²) in [5.74, 6) is 1.82. The molecule has 5 rings (SSSR count). The number of pyridine rings is 1. The summed E-state index contributed by atoms with van der Waals surface area (Å²) in [6, 6.07) is 10.5. The Kier molecular flexibility index (Phi) is 5.57. The molecule has 6 heteroatoms. The van der Waals surface area contributed by atoms with Crippen LogP contribution in [0.4, 0.5) is 22.9 Å². The number of aromatic nitrogens is 1.